The van der Waals surface area contributed by atoms with Crippen molar-refractivity contribution in [3.8, 4) is 0 Å². The standard InChI is InChI=1S/C18H16ClN3O2/c1-22-16-12(7-8-14-13(16)10-20-21-14)15(17(23)24)18(22,19)9-11-5-3-2-4-6-11/h2-8,10,15H,9H2,1H3,(H,20,21)(H,23,24). The SMILES string of the molecule is CN1c2c(ccc3[nH]ncc23)C(C(=O)O)C1(Cl)Cc1ccccc1. The number of aromatic amines is 1. The number of benzene rings is 2. The number of anilines is 1. The number of nitrogens with one attached hydrogen (secondary N) is 1. The van der Waals surface area contributed by atoms with Crippen molar-refractivity contribution in [3.05, 3.63) is 59.8 Å². The molecule has 0 spiro atoms. The fourth-order valence-corrected chi connectivity index (χ4v) is 4.12. The molecule has 2 N–H and O–H groups in total. The molecule has 0 saturated heterocycles. The van der Waals surface area contributed by atoms with Gasteiger partial charge in [-0.3, -0.25) is 9.89 Å². The summed E-state index contributed by atoms with van der Waals surface area (Å²) in [5.41, 5.74) is 3.43. The number of hydrogen-bond donors (Lipinski definition) is 2. The van der Waals surface area contributed by atoms with Crippen molar-refractivity contribution in [2.24, 2.45) is 0 Å². The molecule has 6 heteroatoms. The summed E-state index contributed by atoms with van der Waals surface area (Å²) in [4.78, 5) is 12.9. The first kappa shape index (κ1) is 15.0. The highest BCUT2D eigenvalue weighted by atomic mass is 35.5. The van der Waals surface area contributed by atoms with Crippen LogP contribution in [-0.2, 0) is 11.2 Å². The van der Waals surface area contributed by atoms with Crippen molar-refractivity contribution in [2.75, 3.05) is 11.9 Å². The summed E-state index contributed by atoms with van der Waals surface area (Å²) in [6.07, 6.45) is 2.14. The highest BCUT2D eigenvalue weighted by Crippen LogP contribution is 2.53. The number of carboxylic acid groups (broad SMARTS) is 1. The highest BCUT2D eigenvalue weighted by molar-refractivity contribution is 6.29. The van der Waals surface area contributed by atoms with Crippen molar-refractivity contribution >= 4 is 34.2 Å². The average molecular weight is 342 g/mol. The van der Waals surface area contributed by atoms with Gasteiger partial charge >= 0.3 is 5.97 Å². The molecule has 0 aliphatic carbocycles. The van der Waals surface area contributed by atoms with Crippen LogP contribution in [0.25, 0.3) is 10.9 Å². The van der Waals surface area contributed by atoms with E-state index in [4.69, 9.17) is 11.6 Å². The maximum atomic E-state index is 12.1. The van der Waals surface area contributed by atoms with E-state index in [1.165, 1.54) is 0 Å². The van der Waals surface area contributed by atoms with Crippen LogP contribution >= 0.6 is 11.6 Å². The Morgan fingerprint density at radius 1 is 1.33 bits per heavy atom. The number of halogens is 1. The summed E-state index contributed by atoms with van der Waals surface area (Å²) < 4.78 is 0. The van der Waals surface area contributed by atoms with Crippen LogP contribution in [-0.4, -0.2) is 33.3 Å². The van der Waals surface area contributed by atoms with Crippen LogP contribution in [0.2, 0.25) is 0 Å². The number of rotatable bonds is 3. The maximum Gasteiger partial charge on any atom is 0.314 e. The van der Waals surface area contributed by atoms with Crippen molar-refractivity contribution in [3.63, 3.8) is 0 Å². The summed E-state index contributed by atoms with van der Waals surface area (Å²) >= 11 is 6.96. The van der Waals surface area contributed by atoms with E-state index in [-0.39, 0.29) is 0 Å². The Morgan fingerprint density at radius 3 is 2.79 bits per heavy atom. The number of aliphatic carboxylic acids is 1. The number of hydrogen-bond acceptors (Lipinski definition) is 3. The Morgan fingerprint density at radius 2 is 2.08 bits per heavy atom. The van der Waals surface area contributed by atoms with Gasteiger partial charge in [-0.15, -0.1) is 0 Å². The van der Waals surface area contributed by atoms with Gasteiger partial charge in [0.05, 0.1) is 17.4 Å². The van der Waals surface area contributed by atoms with Gasteiger partial charge < -0.3 is 10.0 Å². The fraction of sp³-hybridized carbons (Fsp3) is 0.222. The lowest BCUT2D eigenvalue weighted by atomic mass is 9.90. The van der Waals surface area contributed by atoms with Crippen molar-refractivity contribution in [1.29, 1.82) is 0 Å². The highest BCUT2D eigenvalue weighted by Gasteiger charge is 2.53. The third kappa shape index (κ3) is 2.01. The second-order valence-electron chi connectivity index (χ2n) is 6.15. The first-order valence-corrected chi connectivity index (χ1v) is 8.05. The Labute approximate surface area is 143 Å². The molecule has 24 heavy (non-hydrogen) atoms. The molecule has 1 aliphatic rings. The Bertz CT molecular complexity index is 924. The van der Waals surface area contributed by atoms with Gasteiger partial charge in [0.2, 0.25) is 0 Å². The minimum Gasteiger partial charge on any atom is -0.481 e. The number of likely N-dealkylation sites (N-methyl/N-ethyl adjacent to an activating group) is 1. The van der Waals surface area contributed by atoms with Crippen LogP contribution < -0.4 is 4.90 Å². The van der Waals surface area contributed by atoms with Crippen LogP contribution in [0.5, 0.6) is 0 Å². The van der Waals surface area contributed by atoms with E-state index < -0.39 is 16.9 Å². The topological polar surface area (TPSA) is 69.2 Å². The van der Waals surface area contributed by atoms with Crippen molar-refractivity contribution in [2.45, 2.75) is 17.3 Å². The summed E-state index contributed by atoms with van der Waals surface area (Å²) in [5, 5.41) is 17.8. The molecule has 2 atom stereocenters. The molecule has 1 aliphatic heterocycles. The quantitative estimate of drug-likeness (QED) is 0.566. The van der Waals surface area contributed by atoms with Crippen LogP contribution in [0.3, 0.4) is 0 Å². The van der Waals surface area contributed by atoms with Gasteiger partial charge in [0.15, 0.2) is 0 Å². The molecular weight excluding hydrogens is 326 g/mol. The lowest BCUT2D eigenvalue weighted by Crippen LogP contribution is -2.46. The average Bonchev–Trinajstić information content (AvgIpc) is 3.10. The number of carbonyl (C=O) groups is 1. The predicted molar refractivity (Wildman–Crippen MR) is 93.6 cm³/mol. The molecule has 122 valence electrons. The fourth-order valence-electron chi connectivity index (χ4n) is 3.67. The molecule has 0 fully saturated rings. The second-order valence-corrected chi connectivity index (χ2v) is 6.80. The van der Waals surface area contributed by atoms with Crippen LogP contribution in [0.15, 0.2) is 48.7 Å². The molecule has 0 saturated carbocycles. The number of nitrogens with zero attached hydrogens (tertiary/aromatic N) is 2. The van der Waals surface area contributed by atoms with E-state index in [0.29, 0.717) is 6.42 Å². The minimum absolute atomic E-state index is 0.427. The molecule has 0 radical (unpaired) electrons. The lowest BCUT2D eigenvalue weighted by Gasteiger charge is -2.35. The largest absolute Gasteiger partial charge is 0.481 e. The van der Waals surface area contributed by atoms with Gasteiger partial charge in [-0.1, -0.05) is 48.0 Å². The zero-order chi connectivity index (χ0) is 16.9. The summed E-state index contributed by atoms with van der Waals surface area (Å²) in [6.45, 7) is 0. The van der Waals surface area contributed by atoms with Gasteiger partial charge in [0.25, 0.3) is 0 Å². The van der Waals surface area contributed by atoms with Crippen molar-refractivity contribution in [1.82, 2.24) is 10.2 Å². The van der Waals surface area contributed by atoms with Gasteiger partial charge in [-0.2, -0.15) is 5.10 Å². The van der Waals surface area contributed by atoms with Crippen LogP contribution in [0.1, 0.15) is 17.0 Å². The Balaban J connectivity index is 1.89. The van der Waals surface area contributed by atoms with E-state index in [2.05, 4.69) is 10.2 Å². The minimum atomic E-state index is -1.07. The van der Waals surface area contributed by atoms with E-state index in [0.717, 1.165) is 27.7 Å². The van der Waals surface area contributed by atoms with Gasteiger partial charge in [0.1, 0.15) is 10.9 Å². The number of carboxylic acids is 1. The molecule has 1 aromatic heterocycles. The second kappa shape index (κ2) is 5.24. The van der Waals surface area contributed by atoms with Gasteiger partial charge in [-0.25, -0.2) is 0 Å². The summed E-state index contributed by atoms with van der Waals surface area (Å²) in [5.74, 6) is -1.74. The first-order valence-electron chi connectivity index (χ1n) is 7.68. The lowest BCUT2D eigenvalue weighted by molar-refractivity contribution is -0.139. The molecule has 5 nitrogen and oxygen atoms in total. The summed E-state index contributed by atoms with van der Waals surface area (Å²) in [6, 6.07) is 13.4. The Kier molecular flexibility index (Phi) is 3.28. The van der Waals surface area contributed by atoms with Gasteiger partial charge in [-0.05, 0) is 17.2 Å². The smallest absolute Gasteiger partial charge is 0.314 e. The third-order valence-electron chi connectivity index (χ3n) is 4.82. The monoisotopic (exact) mass is 341 g/mol. The van der Waals surface area contributed by atoms with Crippen molar-refractivity contribution < 1.29 is 9.90 Å². The van der Waals surface area contributed by atoms with E-state index >= 15 is 0 Å². The molecule has 2 aromatic carbocycles. The van der Waals surface area contributed by atoms with E-state index in [1.54, 1.807) is 6.20 Å². The van der Waals surface area contributed by atoms with E-state index in [9.17, 15) is 9.90 Å². The number of alkyl halides is 1. The molecule has 2 heterocycles. The van der Waals surface area contributed by atoms with E-state index in [1.807, 2.05) is 54.4 Å². The molecule has 0 bridgehead atoms. The molecule has 2 unspecified atom stereocenters. The first-order chi connectivity index (χ1) is 11.5. The normalized spacial score (nSPS) is 22.8. The number of H-pyrrole nitrogens is 1. The third-order valence-corrected chi connectivity index (χ3v) is 5.42. The zero-order valence-electron chi connectivity index (χ0n) is 13.0. The Hall–Kier alpha value is -2.53. The zero-order valence-corrected chi connectivity index (χ0v) is 13.8. The molecular formula is C18H16ClN3O2. The number of aromatic nitrogens is 2. The number of fused-ring (bicyclic) bond motifs is 3. The van der Waals surface area contributed by atoms with Crippen LogP contribution in [0.4, 0.5) is 5.69 Å². The molecule has 0 amide bonds. The molecule has 4 rings (SSSR count). The van der Waals surface area contributed by atoms with Gasteiger partial charge in [0, 0.05) is 18.9 Å². The summed E-state index contributed by atoms with van der Waals surface area (Å²) in [7, 11) is 1.85. The predicted octanol–water partition coefficient (Wildman–Crippen LogP) is 3.36. The van der Waals surface area contributed by atoms with Crippen LogP contribution in [0, 0.1) is 0 Å². The molecule has 3 aromatic rings. The maximum absolute atomic E-state index is 12.1.